The fourth-order valence-electron chi connectivity index (χ4n) is 1.21. The molecule has 0 spiro atoms. The summed E-state index contributed by atoms with van der Waals surface area (Å²) in [5.41, 5.74) is 6.45. The molecule has 2 heterocycles. The van der Waals surface area contributed by atoms with Gasteiger partial charge in [-0.3, -0.25) is 4.98 Å². The van der Waals surface area contributed by atoms with Gasteiger partial charge in [0.1, 0.15) is 0 Å². The standard InChI is InChI=1S/C9H11N5O/c1-14(9-13-12-8(10)15-9)6-7-2-4-11-5-3-7/h2-5H,6H2,1H3,(H2,10,12). The Labute approximate surface area is 86.7 Å². The molecule has 6 heteroatoms. The van der Waals surface area contributed by atoms with Gasteiger partial charge in [-0.05, 0) is 17.7 Å². The lowest BCUT2D eigenvalue weighted by atomic mass is 10.2. The number of hydrogen-bond donors (Lipinski definition) is 1. The summed E-state index contributed by atoms with van der Waals surface area (Å²) in [4.78, 5) is 5.76. The third-order valence-electron chi connectivity index (χ3n) is 1.93. The van der Waals surface area contributed by atoms with E-state index in [1.807, 2.05) is 24.1 Å². The molecule has 78 valence electrons. The molecule has 15 heavy (non-hydrogen) atoms. The van der Waals surface area contributed by atoms with Crippen molar-refractivity contribution in [2.24, 2.45) is 0 Å². The summed E-state index contributed by atoms with van der Waals surface area (Å²) in [5, 5.41) is 7.37. The van der Waals surface area contributed by atoms with Gasteiger partial charge in [0.15, 0.2) is 0 Å². The monoisotopic (exact) mass is 205 g/mol. The highest BCUT2D eigenvalue weighted by Gasteiger charge is 2.08. The van der Waals surface area contributed by atoms with Crippen LogP contribution in [0.5, 0.6) is 0 Å². The van der Waals surface area contributed by atoms with Gasteiger partial charge in [0.2, 0.25) is 0 Å². The van der Waals surface area contributed by atoms with Crippen molar-refractivity contribution in [3.8, 4) is 0 Å². The SMILES string of the molecule is CN(Cc1ccncc1)c1nnc(N)o1. The van der Waals surface area contributed by atoms with Gasteiger partial charge in [0.25, 0.3) is 0 Å². The number of nitrogen functional groups attached to an aromatic ring is 1. The Hall–Kier alpha value is -2.11. The van der Waals surface area contributed by atoms with Crippen LogP contribution in [0.2, 0.25) is 0 Å². The average Bonchev–Trinajstić information content (AvgIpc) is 2.66. The number of pyridine rings is 1. The maximum Gasteiger partial charge on any atom is 0.319 e. The van der Waals surface area contributed by atoms with E-state index in [9.17, 15) is 0 Å². The van der Waals surface area contributed by atoms with Crippen LogP contribution in [0.25, 0.3) is 0 Å². The number of rotatable bonds is 3. The van der Waals surface area contributed by atoms with E-state index >= 15 is 0 Å². The summed E-state index contributed by atoms with van der Waals surface area (Å²) in [7, 11) is 1.85. The van der Waals surface area contributed by atoms with Crippen molar-refractivity contribution < 1.29 is 4.42 Å². The number of anilines is 2. The molecule has 0 radical (unpaired) electrons. The molecule has 0 aliphatic carbocycles. The second kappa shape index (κ2) is 3.95. The van der Waals surface area contributed by atoms with Crippen LogP contribution < -0.4 is 10.6 Å². The quantitative estimate of drug-likeness (QED) is 0.793. The molecule has 0 unspecified atom stereocenters. The van der Waals surface area contributed by atoms with E-state index in [1.165, 1.54) is 0 Å². The minimum absolute atomic E-state index is 0.0755. The summed E-state index contributed by atoms with van der Waals surface area (Å²) in [5.74, 6) is 0. The summed E-state index contributed by atoms with van der Waals surface area (Å²) in [6.07, 6.45) is 3.48. The molecule has 2 rings (SSSR count). The molecular formula is C9H11N5O. The highest BCUT2D eigenvalue weighted by atomic mass is 16.4. The maximum atomic E-state index is 5.33. The molecule has 0 bridgehead atoms. The lowest BCUT2D eigenvalue weighted by Crippen LogP contribution is -2.16. The molecule has 0 aromatic carbocycles. The van der Waals surface area contributed by atoms with E-state index in [1.54, 1.807) is 12.4 Å². The molecule has 2 aromatic heterocycles. The first-order chi connectivity index (χ1) is 7.25. The van der Waals surface area contributed by atoms with Crippen LogP contribution in [0.15, 0.2) is 28.9 Å². The van der Waals surface area contributed by atoms with Crippen molar-refractivity contribution in [3.63, 3.8) is 0 Å². The van der Waals surface area contributed by atoms with Crippen LogP contribution in [0.1, 0.15) is 5.56 Å². The fraction of sp³-hybridized carbons (Fsp3) is 0.222. The smallest absolute Gasteiger partial charge is 0.319 e. The summed E-state index contributed by atoms with van der Waals surface area (Å²) in [6, 6.07) is 4.34. The first kappa shape index (κ1) is 9.45. The van der Waals surface area contributed by atoms with Crippen LogP contribution in [0.4, 0.5) is 12.0 Å². The van der Waals surface area contributed by atoms with Gasteiger partial charge in [0.05, 0.1) is 0 Å². The number of nitrogens with two attached hydrogens (primary N) is 1. The first-order valence-corrected chi connectivity index (χ1v) is 4.45. The molecular weight excluding hydrogens is 194 g/mol. The molecule has 0 amide bonds. The maximum absolute atomic E-state index is 5.33. The number of nitrogens with zero attached hydrogens (tertiary/aromatic N) is 4. The van der Waals surface area contributed by atoms with Crippen molar-refractivity contribution in [1.29, 1.82) is 0 Å². The summed E-state index contributed by atoms with van der Waals surface area (Å²) < 4.78 is 5.08. The lowest BCUT2D eigenvalue weighted by molar-refractivity contribution is 0.559. The van der Waals surface area contributed by atoms with Crippen LogP contribution in [-0.4, -0.2) is 22.2 Å². The zero-order chi connectivity index (χ0) is 10.7. The number of hydrogen-bond acceptors (Lipinski definition) is 6. The van der Waals surface area contributed by atoms with Crippen molar-refractivity contribution in [2.75, 3.05) is 17.7 Å². The van der Waals surface area contributed by atoms with E-state index in [2.05, 4.69) is 15.2 Å². The largest absolute Gasteiger partial charge is 0.390 e. The third kappa shape index (κ3) is 2.22. The third-order valence-corrected chi connectivity index (χ3v) is 1.93. The lowest BCUT2D eigenvalue weighted by Gasteiger charge is -2.12. The van der Waals surface area contributed by atoms with Gasteiger partial charge in [-0.15, -0.1) is 0 Å². The van der Waals surface area contributed by atoms with E-state index in [4.69, 9.17) is 10.2 Å². The van der Waals surface area contributed by atoms with Crippen molar-refractivity contribution in [2.45, 2.75) is 6.54 Å². The molecule has 0 saturated carbocycles. The average molecular weight is 205 g/mol. The Balaban J connectivity index is 2.07. The van der Waals surface area contributed by atoms with E-state index in [0.717, 1.165) is 5.56 Å². The van der Waals surface area contributed by atoms with Crippen LogP contribution in [0.3, 0.4) is 0 Å². The zero-order valence-corrected chi connectivity index (χ0v) is 8.29. The Morgan fingerprint density at radius 2 is 2.07 bits per heavy atom. The van der Waals surface area contributed by atoms with Crippen LogP contribution in [0, 0.1) is 0 Å². The normalized spacial score (nSPS) is 10.2. The molecule has 0 aliphatic rings. The molecule has 2 aromatic rings. The van der Waals surface area contributed by atoms with Gasteiger partial charge in [-0.1, -0.05) is 10.2 Å². The van der Waals surface area contributed by atoms with E-state index in [0.29, 0.717) is 12.6 Å². The minimum atomic E-state index is 0.0755. The van der Waals surface area contributed by atoms with E-state index < -0.39 is 0 Å². The predicted octanol–water partition coefficient (Wildman–Crippen LogP) is 0.683. The zero-order valence-electron chi connectivity index (χ0n) is 8.29. The fourth-order valence-corrected chi connectivity index (χ4v) is 1.21. The molecule has 0 atom stereocenters. The Bertz CT molecular complexity index is 427. The molecule has 0 aliphatic heterocycles. The highest BCUT2D eigenvalue weighted by Crippen LogP contribution is 2.13. The first-order valence-electron chi connectivity index (χ1n) is 4.45. The Kier molecular flexibility index (Phi) is 2.49. The Morgan fingerprint density at radius 1 is 1.33 bits per heavy atom. The summed E-state index contributed by atoms with van der Waals surface area (Å²) in [6.45, 7) is 0.671. The van der Waals surface area contributed by atoms with Gasteiger partial charge in [-0.2, -0.15) is 0 Å². The molecule has 0 fully saturated rings. The van der Waals surface area contributed by atoms with E-state index in [-0.39, 0.29) is 6.01 Å². The summed E-state index contributed by atoms with van der Waals surface area (Å²) >= 11 is 0. The number of aromatic nitrogens is 3. The molecule has 2 N–H and O–H groups in total. The predicted molar refractivity (Wildman–Crippen MR) is 55.1 cm³/mol. The van der Waals surface area contributed by atoms with Crippen LogP contribution in [-0.2, 0) is 6.54 Å². The Morgan fingerprint density at radius 3 is 2.67 bits per heavy atom. The van der Waals surface area contributed by atoms with Crippen molar-refractivity contribution in [3.05, 3.63) is 30.1 Å². The second-order valence-corrected chi connectivity index (χ2v) is 3.13. The van der Waals surface area contributed by atoms with Gasteiger partial charge in [-0.25, -0.2) is 0 Å². The van der Waals surface area contributed by atoms with Gasteiger partial charge >= 0.3 is 12.0 Å². The molecule has 0 saturated heterocycles. The topological polar surface area (TPSA) is 81.1 Å². The minimum Gasteiger partial charge on any atom is -0.390 e. The highest BCUT2D eigenvalue weighted by molar-refractivity contribution is 5.28. The van der Waals surface area contributed by atoms with Crippen LogP contribution >= 0.6 is 0 Å². The van der Waals surface area contributed by atoms with Gasteiger partial charge < -0.3 is 15.1 Å². The second-order valence-electron chi connectivity index (χ2n) is 3.13. The van der Waals surface area contributed by atoms with Crippen molar-refractivity contribution >= 4 is 12.0 Å². The van der Waals surface area contributed by atoms with Crippen molar-refractivity contribution in [1.82, 2.24) is 15.2 Å². The molecule has 6 nitrogen and oxygen atoms in total. The van der Waals surface area contributed by atoms with Gasteiger partial charge in [0, 0.05) is 26.0 Å².